The first kappa shape index (κ1) is 13.4. The molecule has 1 aliphatic heterocycles. The zero-order chi connectivity index (χ0) is 14.7. The van der Waals surface area contributed by atoms with Crippen molar-refractivity contribution in [2.24, 2.45) is 0 Å². The number of rotatable bonds is 4. The van der Waals surface area contributed by atoms with Gasteiger partial charge in [0, 0.05) is 37.8 Å². The predicted molar refractivity (Wildman–Crippen MR) is 79.0 cm³/mol. The number of nitrogens with one attached hydrogen (secondary N) is 2. The van der Waals surface area contributed by atoms with E-state index in [4.69, 9.17) is 0 Å². The Labute approximate surface area is 122 Å². The van der Waals surface area contributed by atoms with Gasteiger partial charge in [0.1, 0.15) is 0 Å². The van der Waals surface area contributed by atoms with Gasteiger partial charge in [-0.15, -0.1) is 0 Å². The summed E-state index contributed by atoms with van der Waals surface area (Å²) in [7, 11) is 0. The quantitative estimate of drug-likeness (QED) is 0.879. The minimum atomic E-state index is -0.173. The molecule has 3 amide bonds. The van der Waals surface area contributed by atoms with Gasteiger partial charge in [0.15, 0.2) is 0 Å². The lowest BCUT2D eigenvalue weighted by molar-refractivity contribution is 0.0950. The van der Waals surface area contributed by atoms with Crippen LogP contribution in [0, 0.1) is 0 Å². The summed E-state index contributed by atoms with van der Waals surface area (Å²) in [5.41, 5.74) is 1.39. The topological polar surface area (TPSA) is 74.3 Å². The maximum atomic E-state index is 12.1. The summed E-state index contributed by atoms with van der Waals surface area (Å²) in [6, 6.07) is 9.40. The van der Waals surface area contributed by atoms with Gasteiger partial charge >= 0.3 is 6.03 Å². The highest BCUT2D eigenvalue weighted by molar-refractivity contribution is 5.97. The second-order valence-corrected chi connectivity index (χ2v) is 4.89. The van der Waals surface area contributed by atoms with E-state index in [2.05, 4.69) is 15.6 Å². The van der Waals surface area contributed by atoms with E-state index in [1.54, 1.807) is 11.1 Å². The number of carbonyl (C=O) groups excluding carboxylic acids is 2. The Hall–Kier alpha value is -2.63. The van der Waals surface area contributed by atoms with Crippen molar-refractivity contribution >= 4 is 22.8 Å². The van der Waals surface area contributed by atoms with Crippen molar-refractivity contribution in [1.82, 2.24) is 20.5 Å². The highest BCUT2D eigenvalue weighted by Gasteiger charge is 2.18. The summed E-state index contributed by atoms with van der Waals surface area (Å²) < 4.78 is 0. The van der Waals surface area contributed by atoms with E-state index in [9.17, 15) is 9.59 Å². The smallest absolute Gasteiger partial charge is 0.317 e. The van der Waals surface area contributed by atoms with Crippen LogP contribution in [0.5, 0.6) is 0 Å². The molecule has 2 aromatic rings. The van der Waals surface area contributed by atoms with Crippen LogP contribution in [0.3, 0.4) is 0 Å². The summed E-state index contributed by atoms with van der Waals surface area (Å²) >= 11 is 0. The molecule has 0 saturated carbocycles. The van der Waals surface area contributed by atoms with Gasteiger partial charge in [-0.2, -0.15) is 0 Å². The van der Waals surface area contributed by atoms with Gasteiger partial charge in [-0.1, -0.05) is 18.2 Å². The predicted octanol–water partition coefficient (Wildman–Crippen LogP) is 0.990. The Bertz CT molecular complexity index is 686. The van der Waals surface area contributed by atoms with Crippen LogP contribution >= 0.6 is 0 Å². The average Bonchev–Trinajstić information content (AvgIpc) is 2.92. The molecule has 3 rings (SSSR count). The van der Waals surface area contributed by atoms with Gasteiger partial charge in [-0.05, 0) is 12.1 Å². The van der Waals surface area contributed by atoms with Crippen LogP contribution in [0.4, 0.5) is 4.79 Å². The highest BCUT2D eigenvalue weighted by atomic mass is 16.2. The second kappa shape index (κ2) is 5.78. The van der Waals surface area contributed by atoms with Crippen molar-refractivity contribution in [3.8, 4) is 0 Å². The van der Waals surface area contributed by atoms with Crippen LogP contribution in [-0.2, 0) is 0 Å². The van der Waals surface area contributed by atoms with Gasteiger partial charge < -0.3 is 15.5 Å². The van der Waals surface area contributed by atoms with Crippen molar-refractivity contribution in [2.75, 3.05) is 26.2 Å². The lowest BCUT2D eigenvalue weighted by atomic mass is 10.1. The van der Waals surface area contributed by atoms with Crippen molar-refractivity contribution in [1.29, 1.82) is 0 Å². The van der Waals surface area contributed by atoms with Crippen molar-refractivity contribution in [3.63, 3.8) is 0 Å². The third kappa shape index (κ3) is 2.94. The molecular formula is C15H16N4O2. The first-order valence-corrected chi connectivity index (χ1v) is 6.90. The number of pyridine rings is 1. The van der Waals surface area contributed by atoms with Crippen LogP contribution in [0.25, 0.3) is 10.9 Å². The molecule has 0 spiro atoms. The van der Waals surface area contributed by atoms with E-state index in [1.807, 2.05) is 30.3 Å². The number of fused-ring (bicyclic) bond motifs is 1. The first-order chi connectivity index (χ1) is 10.2. The maximum absolute atomic E-state index is 12.1. The Kier molecular flexibility index (Phi) is 3.68. The molecule has 108 valence electrons. The van der Waals surface area contributed by atoms with E-state index < -0.39 is 0 Å². The number of urea groups is 1. The fourth-order valence-corrected chi connectivity index (χ4v) is 2.33. The number of hydrogen-bond acceptors (Lipinski definition) is 3. The number of aromatic nitrogens is 1. The van der Waals surface area contributed by atoms with Gasteiger partial charge in [-0.25, -0.2) is 4.79 Å². The molecule has 2 heterocycles. The third-order valence-electron chi connectivity index (χ3n) is 3.47. The largest absolute Gasteiger partial charge is 0.350 e. The number of para-hydroxylation sites is 1. The van der Waals surface area contributed by atoms with Crippen LogP contribution in [0.1, 0.15) is 10.4 Å². The molecule has 0 radical (unpaired) electrons. The Morgan fingerprint density at radius 1 is 1.38 bits per heavy atom. The average molecular weight is 284 g/mol. The van der Waals surface area contributed by atoms with Crippen LogP contribution in [0.15, 0.2) is 36.5 Å². The molecule has 0 atom stereocenters. The van der Waals surface area contributed by atoms with E-state index in [-0.39, 0.29) is 11.9 Å². The second-order valence-electron chi connectivity index (χ2n) is 4.89. The number of nitrogens with zero attached hydrogens (tertiary/aromatic N) is 2. The van der Waals surface area contributed by atoms with Gasteiger partial charge in [0.05, 0.1) is 11.1 Å². The molecule has 1 aromatic heterocycles. The molecule has 1 aliphatic rings. The monoisotopic (exact) mass is 284 g/mol. The minimum Gasteiger partial charge on any atom is -0.350 e. The van der Waals surface area contributed by atoms with Gasteiger partial charge in [-0.3, -0.25) is 9.78 Å². The number of hydrogen-bond donors (Lipinski definition) is 2. The third-order valence-corrected chi connectivity index (χ3v) is 3.47. The van der Waals surface area contributed by atoms with Crippen LogP contribution in [-0.4, -0.2) is 48.0 Å². The van der Waals surface area contributed by atoms with E-state index in [0.717, 1.165) is 10.9 Å². The summed E-state index contributed by atoms with van der Waals surface area (Å²) in [6.45, 7) is 2.30. The molecule has 2 N–H and O–H groups in total. The zero-order valence-electron chi connectivity index (χ0n) is 11.5. The number of benzene rings is 1. The van der Waals surface area contributed by atoms with Gasteiger partial charge in [0.25, 0.3) is 5.91 Å². The maximum Gasteiger partial charge on any atom is 0.317 e. The molecule has 6 nitrogen and oxygen atoms in total. The minimum absolute atomic E-state index is 0.0726. The molecule has 1 fully saturated rings. The Morgan fingerprint density at radius 3 is 3.05 bits per heavy atom. The van der Waals surface area contributed by atoms with Crippen LogP contribution in [0.2, 0.25) is 0 Å². The standard InChI is InChI=1S/C15H16N4O2/c20-14(16-5-7-19-8-6-17-15(19)21)12-9-11-3-1-2-4-13(11)18-10-12/h1-4,9-10H,5-8H2,(H,16,20)(H,17,21). The fourth-order valence-electron chi connectivity index (χ4n) is 2.33. The normalized spacial score (nSPS) is 14.3. The molecule has 6 heteroatoms. The molecular weight excluding hydrogens is 268 g/mol. The Balaban J connectivity index is 1.60. The van der Waals surface area contributed by atoms with E-state index in [0.29, 0.717) is 31.7 Å². The van der Waals surface area contributed by atoms with Crippen LogP contribution < -0.4 is 10.6 Å². The number of amides is 3. The SMILES string of the molecule is O=C(NCCN1CCNC1=O)c1cnc2ccccc2c1. The Morgan fingerprint density at radius 2 is 2.24 bits per heavy atom. The molecule has 0 aliphatic carbocycles. The highest BCUT2D eigenvalue weighted by Crippen LogP contribution is 2.12. The molecule has 21 heavy (non-hydrogen) atoms. The molecule has 1 saturated heterocycles. The summed E-state index contributed by atoms with van der Waals surface area (Å²) in [4.78, 5) is 29.4. The molecule has 0 bridgehead atoms. The fraction of sp³-hybridized carbons (Fsp3) is 0.267. The summed E-state index contributed by atoms with van der Waals surface area (Å²) in [6.07, 6.45) is 1.57. The van der Waals surface area contributed by atoms with Gasteiger partial charge in [0.2, 0.25) is 0 Å². The van der Waals surface area contributed by atoms with E-state index >= 15 is 0 Å². The molecule has 0 unspecified atom stereocenters. The number of carbonyl (C=O) groups is 2. The molecule has 1 aromatic carbocycles. The van der Waals surface area contributed by atoms with Crippen molar-refractivity contribution in [2.45, 2.75) is 0 Å². The zero-order valence-corrected chi connectivity index (χ0v) is 11.5. The van der Waals surface area contributed by atoms with E-state index in [1.165, 1.54) is 0 Å². The van der Waals surface area contributed by atoms with Crippen molar-refractivity contribution in [3.05, 3.63) is 42.1 Å². The lowest BCUT2D eigenvalue weighted by Gasteiger charge is -2.14. The summed E-state index contributed by atoms with van der Waals surface area (Å²) in [5, 5.41) is 6.47. The lowest BCUT2D eigenvalue weighted by Crippen LogP contribution is -2.36. The summed E-state index contributed by atoms with van der Waals surface area (Å²) in [5.74, 6) is -0.173. The van der Waals surface area contributed by atoms with Crippen molar-refractivity contribution < 1.29 is 9.59 Å². The first-order valence-electron chi connectivity index (χ1n) is 6.90.